The normalized spacial score (nSPS) is 17.0. The molecular weight excluding hydrogens is 358 g/mol. The Balaban J connectivity index is 1.50. The number of anilines is 2. The fourth-order valence-corrected chi connectivity index (χ4v) is 3.43. The molecule has 0 atom stereocenters. The van der Waals surface area contributed by atoms with Gasteiger partial charge in [-0.15, -0.1) is 0 Å². The summed E-state index contributed by atoms with van der Waals surface area (Å²) in [5, 5.41) is 5.99. The number of fused-ring (bicyclic) bond motifs is 1. The average Bonchev–Trinajstić information content (AvgIpc) is 2.75. The van der Waals surface area contributed by atoms with E-state index >= 15 is 0 Å². The Bertz CT molecular complexity index is 852. The van der Waals surface area contributed by atoms with Gasteiger partial charge in [0.1, 0.15) is 0 Å². The lowest BCUT2D eigenvalue weighted by atomic mass is 10.0. The molecule has 2 aromatic heterocycles. The van der Waals surface area contributed by atoms with Gasteiger partial charge in [-0.2, -0.15) is 0 Å². The molecule has 0 spiro atoms. The summed E-state index contributed by atoms with van der Waals surface area (Å²) in [4.78, 5) is 35.3. The number of hydrogen-bond donors (Lipinski definition) is 2. The van der Waals surface area contributed by atoms with Crippen LogP contribution in [0.15, 0.2) is 36.7 Å². The molecule has 0 saturated carbocycles. The summed E-state index contributed by atoms with van der Waals surface area (Å²) in [6, 6.07) is 7.30. The van der Waals surface area contributed by atoms with Crippen molar-refractivity contribution in [3.05, 3.63) is 47.9 Å². The number of hydrogen-bond acceptors (Lipinski definition) is 6. The van der Waals surface area contributed by atoms with Gasteiger partial charge in [-0.3, -0.25) is 14.6 Å². The first kappa shape index (κ1) is 18.4. The van der Waals surface area contributed by atoms with E-state index in [1.807, 2.05) is 18.2 Å². The Hall–Kier alpha value is -3.00. The molecule has 0 bridgehead atoms. The van der Waals surface area contributed by atoms with Gasteiger partial charge in [0.15, 0.2) is 5.82 Å². The van der Waals surface area contributed by atoms with Gasteiger partial charge in [0, 0.05) is 32.2 Å². The Morgan fingerprint density at radius 3 is 2.93 bits per heavy atom. The Morgan fingerprint density at radius 1 is 1.29 bits per heavy atom. The van der Waals surface area contributed by atoms with Gasteiger partial charge in [0.05, 0.1) is 30.0 Å². The van der Waals surface area contributed by atoms with Gasteiger partial charge in [-0.1, -0.05) is 6.07 Å². The van der Waals surface area contributed by atoms with Crippen molar-refractivity contribution < 1.29 is 14.3 Å². The third-order valence-electron chi connectivity index (χ3n) is 5.07. The molecule has 4 heterocycles. The molecule has 0 aromatic carbocycles. The van der Waals surface area contributed by atoms with Crippen molar-refractivity contribution in [1.82, 2.24) is 15.3 Å². The zero-order valence-electron chi connectivity index (χ0n) is 15.6. The molecule has 2 aliphatic heterocycles. The summed E-state index contributed by atoms with van der Waals surface area (Å²) >= 11 is 0. The largest absolute Gasteiger partial charge is 0.381 e. The van der Waals surface area contributed by atoms with E-state index in [-0.39, 0.29) is 18.4 Å². The van der Waals surface area contributed by atoms with E-state index in [4.69, 9.17) is 4.74 Å². The summed E-state index contributed by atoms with van der Waals surface area (Å²) in [7, 11) is 0. The topological polar surface area (TPSA) is 96.4 Å². The summed E-state index contributed by atoms with van der Waals surface area (Å²) < 4.78 is 5.35. The van der Waals surface area contributed by atoms with E-state index in [9.17, 15) is 9.59 Å². The predicted octanol–water partition coefficient (Wildman–Crippen LogP) is 1.59. The summed E-state index contributed by atoms with van der Waals surface area (Å²) in [5.74, 6) is 0.765. The van der Waals surface area contributed by atoms with Crippen LogP contribution in [0.25, 0.3) is 0 Å². The van der Waals surface area contributed by atoms with Crippen LogP contribution >= 0.6 is 0 Å². The zero-order valence-corrected chi connectivity index (χ0v) is 15.6. The summed E-state index contributed by atoms with van der Waals surface area (Å²) in [6.45, 7) is 2.62. The van der Waals surface area contributed by atoms with Crippen LogP contribution in [-0.2, 0) is 16.1 Å². The average molecular weight is 381 g/mol. The van der Waals surface area contributed by atoms with Gasteiger partial charge in [0.2, 0.25) is 5.91 Å². The maximum Gasteiger partial charge on any atom is 0.252 e. The molecule has 4 rings (SSSR count). The smallest absolute Gasteiger partial charge is 0.252 e. The number of amides is 2. The number of pyridine rings is 2. The minimum Gasteiger partial charge on any atom is -0.381 e. The van der Waals surface area contributed by atoms with E-state index in [0.29, 0.717) is 36.1 Å². The second kappa shape index (κ2) is 8.35. The monoisotopic (exact) mass is 381 g/mol. The molecule has 8 heteroatoms. The highest BCUT2D eigenvalue weighted by atomic mass is 16.5. The number of aromatic nitrogens is 2. The first-order chi connectivity index (χ1) is 13.7. The number of rotatable bonds is 5. The van der Waals surface area contributed by atoms with Crippen LogP contribution < -0.4 is 15.5 Å². The molecule has 1 saturated heterocycles. The highest BCUT2D eigenvalue weighted by Crippen LogP contribution is 2.29. The summed E-state index contributed by atoms with van der Waals surface area (Å²) in [5.41, 5.74) is 1.81. The third kappa shape index (κ3) is 4.12. The fourth-order valence-electron chi connectivity index (χ4n) is 3.43. The molecule has 0 unspecified atom stereocenters. The number of nitrogens with zero attached hydrogens (tertiary/aromatic N) is 3. The Labute approximate surface area is 163 Å². The van der Waals surface area contributed by atoms with E-state index in [2.05, 4.69) is 20.6 Å². The Morgan fingerprint density at radius 2 is 2.14 bits per heavy atom. The zero-order chi connectivity index (χ0) is 19.3. The molecule has 0 radical (unpaired) electrons. The third-order valence-corrected chi connectivity index (χ3v) is 5.07. The van der Waals surface area contributed by atoms with Crippen LogP contribution in [0.3, 0.4) is 0 Å². The van der Waals surface area contributed by atoms with Crippen LogP contribution in [0.5, 0.6) is 0 Å². The lowest BCUT2D eigenvalue weighted by Gasteiger charge is -2.29. The fraction of sp³-hybridized carbons (Fsp3) is 0.400. The van der Waals surface area contributed by atoms with Crippen LogP contribution in [0.2, 0.25) is 0 Å². The number of ether oxygens (including phenoxy) is 1. The van der Waals surface area contributed by atoms with Crippen molar-refractivity contribution in [3.63, 3.8) is 0 Å². The minimum absolute atomic E-state index is 0.0836. The Kier molecular flexibility index (Phi) is 5.48. The number of carbonyl (C=O) groups is 2. The molecule has 8 nitrogen and oxygen atoms in total. The highest BCUT2D eigenvalue weighted by molar-refractivity contribution is 6.04. The maximum absolute atomic E-state index is 12.6. The van der Waals surface area contributed by atoms with E-state index in [0.717, 1.165) is 31.7 Å². The number of nitrogens with one attached hydrogen (secondary N) is 2. The van der Waals surface area contributed by atoms with Gasteiger partial charge < -0.3 is 20.3 Å². The molecule has 2 N–H and O–H groups in total. The molecule has 28 heavy (non-hydrogen) atoms. The molecule has 2 aliphatic rings. The molecule has 146 valence electrons. The van der Waals surface area contributed by atoms with Gasteiger partial charge in [-0.25, -0.2) is 4.98 Å². The molecule has 2 amide bonds. The van der Waals surface area contributed by atoms with Crippen LogP contribution in [0.4, 0.5) is 11.5 Å². The second-order valence-corrected chi connectivity index (χ2v) is 7.01. The first-order valence-corrected chi connectivity index (χ1v) is 9.51. The van der Waals surface area contributed by atoms with Crippen LogP contribution in [0, 0.1) is 5.92 Å². The van der Waals surface area contributed by atoms with Gasteiger partial charge in [-0.05, 0) is 37.0 Å². The molecule has 0 aliphatic carbocycles. The van der Waals surface area contributed by atoms with Crippen LogP contribution in [0.1, 0.15) is 28.9 Å². The van der Waals surface area contributed by atoms with Crippen molar-refractivity contribution >= 4 is 23.3 Å². The number of carbonyl (C=O) groups excluding carboxylic acids is 2. The van der Waals surface area contributed by atoms with Gasteiger partial charge >= 0.3 is 0 Å². The standard InChI is InChI=1S/C20H23N5O3/c26-18-12-23-19-17(25(18)13-16-3-1-2-6-21-16)9-15(11-22-19)20(27)24-10-14-4-7-28-8-5-14/h1-3,6,9,11,14H,4-5,7-8,10,12-13H2,(H,22,23)(H,24,27). The van der Waals surface area contributed by atoms with Crippen molar-refractivity contribution in [2.24, 2.45) is 5.92 Å². The van der Waals surface area contributed by atoms with E-state index < -0.39 is 0 Å². The van der Waals surface area contributed by atoms with Crippen LogP contribution in [-0.4, -0.2) is 48.1 Å². The van der Waals surface area contributed by atoms with E-state index in [1.165, 1.54) is 0 Å². The first-order valence-electron chi connectivity index (χ1n) is 9.51. The highest BCUT2D eigenvalue weighted by Gasteiger charge is 2.26. The predicted molar refractivity (Wildman–Crippen MR) is 104 cm³/mol. The lowest BCUT2D eigenvalue weighted by Crippen LogP contribution is -2.40. The van der Waals surface area contributed by atoms with Crippen molar-refractivity contribution in [1.29, 1.82) is 0 Å². The second-order valence-electron chi connectivity index (χ2n) is 7.01. The quantitative estimate of drug-likeness (QED) is 0.817. The van der Waals surface area contributed by atoms with E-state index in [1.54, 1.807) is 23.4 Å². The lowest BCUT2D eigenvalue weighted by molar-refractivity contribution is -0.117. The molecular formula is C20H23N5O3. The van der Waals surface area contributed by atoms with Gasteiger partial charge in [0.25, 0.3) is 5.91 Å². The maximum atomic E-state index is 12.6. The SMILES string of the molecule is O=C(NCC1CCOCC1)c1cnc2c(c1)N(Cc1ccccn1)C(=O)CN2. The molecule has 1 fully saturated rings. The van der Waals surface area contributed by atoms with Crippen molar-refractivity contribution in [2.45, 2.75) is 19.4 Å². The van der Waals surface area contributed by atoms with Crippen molar-refractivity contribution in [3.8, 4) is 0 Å². The summed E-state index contributed by atoms with van der Waals surface area (Å²) in [6.07, 6.45) is 5.15. The molecule has 2 aromatic rings. The van der Waals surface area contributed by atoms with Crippen molar-refractivity contribution in [2.75, 3.05) is 36.5 Å². The minimum atomic E-state index is -0.183.